The molecule has 1 nitrogen and oxygen atoms in total. The Balaban J connectivity index is 2.47. The van der Waals surface area contributed by atoms with Crippen LogP contribution < -0.4 is 0 Å². The van der Waals surface area contributed by atoms with E-state index in [4.69, 9.17) is 0 Å². The van der Waals surface area contributed by atoms with E-state index in [-0.39, 0.29) is 5.12 Å². The Morgan fingerprint density at radius 2 is 1.47 bits per heavy atom. The molecule has 0 N–H and O–H groups in total. The van der Waals surface area contributed by atoms with E-state index < -0.39 is 0 Å². The Hall–Kier alpha value is -1.80. The van der Waals surface area contributed by atoms with Gasteiger partial charge >= 0.3 is 0 Å². The number of benzene rings is 3. The molecule has 3 rings (SSSR count). The van der Waals surface area contributed by atoms with Crippen molar-refractivity contribution in [3.05, 3.63) is 60.2 Å². The molecule has 0 fully saturated rings. The van der Waals surface area contributed by atoms with Crippen LogP contribution in [0.4, 0.5) is 0 Å². The first-order valence-electron chi connectivity index (χ1n) is 5.40. The zero-order valence-electron chi connectivity index (χ0n) is 9.05. The Morgan fingerprint density at radius 3 is 2.18 bits per heavy atom. The summed E-state index contributed by atoms with van der Waals surface area (Å²) in [5.41, 5.74) is 0.664. The maximum absolute atomic E-state index is 11.5. The topological polar surface area (TPSA) is 17.1 Å². The second-order valence-corrected chi connectivity index (χ2v) is 4.44. The molecule has 0 bridgehead atoms. The first-order chi connectivity index (χ1) is 8.25. The molecule has 3 aromatic rings. The van der Waals surface area contributed by atoms with Gasteiger partial charge in [0, 0.05) is 5.56 Å². The van der Waals surface area contributed by atoms with E-state index in [1.165, 1.54) is 5.39 Å². The molecule has 17 heavy (non-hydrogen) atoms. The number of thiol groups is 1. The molecule has 82 valence electrons. The van der Waals surface area contributed by atoms with E-state index >= 15 is 0 Å². The molecule has 0 atom stereocenters. The highest BCUT2D eigenvalue weighted by atomic mass is 32.1. The molecule has 0 aliphatic carbocycles. The first kappa shape index (κ1) is 10.4. The molecule has 0 aliphatic heterocycles. The zero-order valence-corrected chi connectivity index (χ0v) is 9.95. The van der Waals surface area contributed by atoms with Crippen LogP contribution >= 0.6 is 12.6 Å². The van der Waals surface area contributed by atoms with Crippen molar-refractivity contribution in [1.29, 1.82) is 0 Å². The predicted octanol–water partition coefficient (Wildman–Crippen LogP) is 4.06. The van der Waals surface area contributed by atoms with Gasteiger partial charge in [-0.3, -0.25) is 4.79 Å². The van der Waals surface area contributed by atoms with Gasteiger partial charge in [0.15, 0.2) is 0 Å². The SMILES string of the molecule is O=C(S)c1cccc2cc3ccccc3cc12. The second kappa shape index (κ2) is 3.90. The van der Waals surface area contributed by atoms with Crippen molar-refractivity contribution in [3.8, 4) is 0 Å². The van der Waals surface area contributed by atoms with Gasteiger partial charge in [-0.15, -0.1) is 12.6 Å². The van der Waals surface area contributed by atoms with Crippen LogP contribution in [0, 0.1) is 0 Å². The lowest BCUT2D eigenvalue weighted by molar-refractivity contribution is 0.109. The van der Waals surface area contributed by atoms with Crippen molar-refractivity contribution in [2.24, 2.45) is 0 Å². The molecule has 2 heteroatoms. The fraction of sp³-hybridized carbons (Fsp3) is 0. The van der Waals surface area contributed by atoms with Gasteiger partial charge in [-0.2, -0.15) is 0 Å². The lowest BCUT2D eigenvalue weighted by Gasteiger charge is -2.05. The third-order valence-corrected chi connectivity index (χ3v) is 3.22. The number of carbonyl (C=O) groups excluding carboxylic acids is 1. The zero-order chi connectivity index (χ0) is 11.8. The molecule has 0 heterocycles. The van der Waals surface area contributed by atoms with E-state index in [1.54, 1.807) is 0 Å². The van der Waals surface area contributed by atoms with Crippen molar-refractivity contribution in [2.45, 2.75) is 0 Å². The maximum atomic E-state index is 11.5. The highest BCUT2D eigenvalue weighted by molar-refractivity contribution is 7.97. The minimum absolute atomic E-state index is 0.189. The van der Waals surface area contributed by atoms with Crippen molar-refractivity contribution < 1.29 is 4.79 Å². The van der Waals surface area contributed by atoms with Crippen molar-refractivity contribution in [1.82, 2.24) is 0 Å². The molecule has 0 spiro atoms. The molecular weight excluding hydrogens is 228 g/mol. The van der Waals surface area contributed by atoms with E-state index in [1.807, 2.05) is 36.4 Å². The van der Waals surface area contributed by atoms with Crippen LogP contribution in [-0.2, 0) is 0 Å². The number of carbonyl (C=O) groups is 1. The maximum Gasteiger partial charge on any atom is 0.216 e. The highest BCUT2D eigenvalue weighted by Crippen LogP contribution is 2.26. The van der Waals surface area contributed by atoms with Gasteiger partial charge in [0.05, 0.1) is 0 Å². The summed E-state index contributed by atoms with van der Waals surface area (Å²) in [7, 11) is 0. The average Bonchev–Trinajstić information content (AvgIpc) is 2.35. The van der Waals surface area contributed by atoms with Gasteiger partial charge in [-0.1, -0.05) is 36.4 Å². The Bertz CT molecular complexity index is 731. The normalized spacial score (nSPS) is 10.9. The van der Waals surface area contributed by atoms with Gasteiger partial charge in [0.1, 0.15) is 0 Å². The molecule has 0 aromatic heterocycles. The van der Waals surface area contributed by atoms with E-state index in [9.17, 15) is 4.79 Å². The van der Waals surface area contributed by atoms with Gasteiger partial charge in [0.2, 0.25) is 5.12 Å². The molecule has 0 amide bonds. The van der Waals surface area contributed by atoms with Crippen molar-refractivity contribution in [2.75, 3.05) is 0 Å². The molecule has 0 saturated heterocycles. The predicted molar refractivity (Wildman–Crippen MR) is 74.8 cm³/mol. The Morgan fingerprint density at radius 1 is 0.824 bits per heavy atom. The van der Waals surface area contributed by atoms with E-state index in [0.717, 1.165) is 16.2 Å². The van der Waals surface area contributed by atoms with Gasteiger partial charge < -0.3 is 0 Å². The smallest absolute Gasteiger partial charge is 0.216 e. The standard InChI is InChI=1S/C15H10OS/c16-15(17)13-7-3-6-12-8-10-4-1-2-5-11(10)9-14(12)13/h1-9H,(H,16,17). The lowest BCUT2D eigenvalue weighted by atomic mass is 10.0. The molecule has 0 radical (unpaired) electrons. The number of rotatable bonds is 1. The summed E-state index contributed by atoms with van der Waals surface area (Å²) in [4.78, 5) is 11.5. The van der Waals surface area contributed by atoms with Crippen LogP contribution in [0.1, 0.15) is 10.4 Å². The lowest BCUT2D eigenvalue weighted by Crippen LogP contribution is -1.90. The molecular formula is C15H10OS. The summed E-state index contributed by atoms with van der Waals surface area (Å²) in [6, 6.07) is 18.0. The fourth-order valence-corrected chi connectivity index (χ4v) is 2.35. The number of hydrogen-bond acceptors (Lipinski definition) is 1. The molecule has 3 aromatic carbocycles. The van der Waals surface area contributed by atoms with Crippen LogP contribution in [0.2, 0.25) is 0 Å². The molecule has 0 aliphatic rings. The fourth-order valence-electron chi connectivity index (χ4n) is 2.15. The third kappa shape index (κ3) is 1.71. The third-order valence-electron chi connectivity index (χ3n) is 2.98. The average molecular weight is 238 g/mol. The Kier molecular flexibility index (Phi) is 2.37. The quantitative estimate of drug-likeness (QED) is 0.499. The summed E-state index contributed by atoms with van der Waals surface area (Å²) >= 11 is 3.92. The Labute approximate surface area is 104 Å². The largest absolute Gasteiger partial charge is 0.282 e. The summed E-state index contributed by atoms with van der Waals surface area (Å²) in [5.74, 6) is 0. The van der Waals surface area contributed by atoms with Crippen LogP contribution in [0.25, 0.3) is 21.5 Å². The summed E-state index contributed by atoms with van der Waals surface area (Å²) in [6.45, 7) is 0. The van der Waals surface area contributed by atoms with Crippen LogP contribution in [0.5, 0.6) is 0 Å². The van der Waals surface area contributed by atoms with Crippen LogP contribution in [0.15, 0.2) is 54.6 Å². The van der Waals surface area contributed by atoms with E-state index in [0.29, 0.717) is 5.56 Å². The van der Waals surface area contributed by atoms with E-state index in [2.05, 4.69) is 30.8 Å². The first-order valence-corrected chi connectivity index (χ1v) is 5.85. The summed E-state index contributed by atoms with van der Waals surface area (Å²) in [6.07, 6.45) is 0. The molecule has 0 saturated carbocycles. The van der Waals surface area contributed by atoms with Gasteiger partial charge in [0.25, 0.3) is 0 Å². The minimum atomic E-state index is -0.189. The van der Waals surface area contributed by atoms with Crippen LogP contribution in [-0.4, -0.2) is 5.12 Å². The highest BCUT2D eigenvalue weighted by Gasteiger charge is 2.06. The summed E-state index contributed by atoms with van der Waals surface area (Å²) in [5, 5.41) is 4.17. The minimum Gasteiger partial charge on any atom is -0.282 e. The monoisotopic (exact) mass is 238 g/mol. The molecule has 0 unspecified atom stereocenters. The van der Waals surface area contributed by atoms with Crippen molar-refractivity contribution in [3.63, 3.8) is 0 Å². The van der Waals surface area contributed by atoms with Crippen molar-refractivity contribution >= 4 is 39.3 Å². The van der Waals surface area contributed by atoms with Gasteiger partial charge in [-0.05, 0) is 39.7 Å². The van der Waals surface area contributed by atoms with Crippen LogP contribution in [0.3, 0.4) is 0 Å². The second-order valence-electron chi connectivity index (χ2n) is 4.03. The number of hydrogen-bond donors (Lipinski definition) is 1. The summed E-state index contributed by atoms with van der Waals surface area (Å²) < 4.78 is 0. The number of fused-ring (bicyclic) bond motifs is 2. The van der Waals surface area contributed by atoms with Gasteiger partial charge in [-0.25, -0.2) is 0 Å².